The number of benzene rings is 1. The van der Waals surface area contributed by atoms with Crippen molar-refractivity contribution in [1.82, 2.24) is 0 Å². The summed E-state index contributed by atoms with van der Waals surface area (Å²) in [6.45, 7) is 0. The van der Waals surface area contributed by atoms with Gasteiger partial charge in [-0.1, -0.05) is 41.2 Å². The molecule has 2 unspecified atom stereocenters. The number of anilines is 1. The molecule has 0 aliphatic heterocycles. The Morgan fingerprint density at radius 3 is 2.30 bits per heavy atom. The average Bonchev–Trinajstić information content (AvgIpc) is 2.33. The first-order valence-electron chi connectivity index (χ1n) is 6.37. The molecule has 1 N–H and O–H groups in total. The highest BCUT2D eigenvalue weighted by molar-refractivity contribution is 7.91. The molecule has 0 saturated heterocycles. The zero-order valence-corrected chi connectivity index (χ0v) is 14.1. The maximum Gasteiger partial charge on any atom is 0.150 e. The van der Waals surface area contributed by atoms with Gasteiger partial charge in [0, 0.05) is 17.3 Å². The Morgan fingerprint density at radius 1 is 1.15 bits per heavy atom. The van der Waals surface area contributed by atoms with E-state index >= 15 is 0 Å². The Bertz CT molecular complexity index is 581. The number of hydrogen-bond acceptors (Lipinski definition) is 3. The zero-order chi connectivity index (χ0) is 14.9. The van der Waals surface area contributed by atoms with Gasteiger partial charge in [-0.05, 0) is 31.4 Å². The minimum atomic E-state index is -3.01. The summed E-state index contributed by atoms with van der Waals surface area (Å²) < 4.78 is 23.3. The molecule has 1 aromatic rings. The van der Waals surface area contributed by atoms with Crippen LogP contribution in [0.4, 0.5) is 5.69 Å². The Morgan fingerprint density at radius 2 is 1.75 bits per heavy atom. The van der Waals surface area contributed by atoms with Gasteiger partial charge in [0.05, 0.1) is 21.0 Å². The van der Waals surface area contributed by atoms with Crippen molar-refractivity contribution in [3.63, 3.8) is 0 Å². The highest BCUT2D eigenvalue weighted by Gasteiger charge is 2.29. The van der Waals surface area contributed by atoms with Gasteiger partial charge in [-0.2, -0.15) is 0 Å². The quantitative estimate of drug-likeness (QED) is 0.872. The Hall–Kier alpha value is -0.160. The second-order valence-electron chi connectivity index (χ2n) is 5.20. The molecule has 1 aliphatic rings. The van der Waals surface area contributed by atoms with Crippen molar-refractivity contribution in [2.24, 2.45) is 0 Å². The molecular weight excluding hydrogens is 341 g/mol. The van der Waals surface area contributed by atoms with E-state index < -0.39 is 9.84 Å². The molecule has 0 spiro atoms. The SMILES string of the molecule is CS(=O)(=O)C1CCCC(Nc2c(Cl)cc(Cl)cc2Cl)C1. The first kappa shape index (κ1) is 16.2. The minimum absolute atomic E-state index is 0.0552. The lowest BCUT2D eigenvalue weighted by Gasteiger charge is -2.30. The molecule has 0 bridgehead atoms. The molecule has 0 heterocycles. The van der Waals surface area contributed by atoms with E-state index in [0.29, 0.717) is 27.2 Å². The molecule has 2 rings (SSSR count). The van der Waals surface area contributed by atoms with Crippen LogP contribution in [0.15, 0.2) is 12.1 Å². The van der Waals surface area contributed by atoms with Crippen LogP contribution in [0, 0.1) is 0 Å². The van der Waals surface area contributed by atoms with Gasteiger partial charge in [0.1, 0.15) is 9.84 Å². The van der Waals surface area contributed by atoms with E-state index in [9.17, 15) is 8.42 Å². The molecule has 0 radical (unpaired) electrons. The van der Waals surface area contributed by atoms with Gasteiger partial charge in [0.15, 0.2) is 0 Å². The highest BCUT2D eigenvalue weighted by Crippen LogP contribution is 2.36. The average molecular weight is 357 g/mol. The molecule has 0 aromatic heterocycles. The lowest BCUT2D eigenvalue weighted by Crippen LogP contribution is -2.34. The molecule has 1 aliphatic carbocycles. The molecule has 20 heavy (non-hydrogen) atoms. The van der Waals surface area contributed by atoms with E-state index in [0.717, 1.165) is 19.3 Å². The summed E-state index contributed by atoms with van der Waals surface area (Å²) in [6, 6.07) is 3.29. The molecule has 1 saturated carbocycles. The number of halogens is 3. The summed E-state index contributed by atoms with van der Waals surface area (Å²) >= 11 is 18.1. The van der Waals surface area contributed by atoms with E-state index in [2.05, 4.69) is 5.32 Å². The third kappa shape index (κ3) is 3.94. The van der Waals surface area contributed by atoms with Gasteiger partial charge in [0.2, 0.25) is 0 Å². The van der Waals surface area contributed by atoms with E-state index in [4.69, 9.17) is 34.8 Å². The normalized spacial score (nSPS) is 23.6. The molecule has 3 nitrogen and oxygen atoms in total. The van der Waals surface area contributed by atoms with Crippen molar-refractivity contribution in [2.75, 3.05) is 11.6 Å². The first-order valence-corrected chi connectivity index (χ1v) is 9.46. The lowest BCUT2D eigenvalue weighted by molar-refractivity contribution is 0.453. The van der Waals surface area contributed by atoms with Gasteiger partial charge >= 0.3 is 0 Å². The number of nitrogens with one attached hydrogen (secondary N) is 1. The van der Waals surface area contributed by atoms with Crippen LogP contribution in [0.3, 0.4) is 0 Å². The Kier molecular flexibility index (Phi) is 5.11. The smallest absolute Gasteiger partial charge is 0.150 e. The molecule has 112 valence electrons. The van der Waals surface area contributed by atoms with E-state index in [1.807, 2.05) is 0 Å². The molecule has 1 fully saturated rings. The maximum absolute atomic E-state index is 11.7. The van der Waals surface area contributed by atoms with Crippen LogP contribution >= 0.6 is 34.8 Å². The second kappa shape index (κ2) is 6.30. The van der Waals surface area contributed by atoms with Gasteiger partial charge in [-0.15, -0.1) is 0 Å². The van der Waals surface area contributed by atoms with E-state index in [1.165, 1.54) is 6.26 Å². The molecule has 2 atom stereocenters. The summed E-state index contributed by atoms with van der Waals surface area (Å²) in [5.41, 5.74) is 0.622. The fourth-order valence-electron chi connectivity index (χ4n) is 2.55. The van der Waals surface area contributed by atoms with Crippen molar-refractivity contribution in [2.45, 2.75) is 37.0 Å². The minimum Gasteiger partial charge on any atom is -0.380 e. The predicted octanol–water partition coefficient (Wildman–Crippen LogP) is 4.41. The third-order valence-electron chi connectivity index (χ3n) is 3.59. The fourth-order valence-corrected chi connectivity index (χ4v) is 4.65. The lowest BCUT2D eigenvalue weighted by atomic mass is 9.95. The largest absolute Gasteiger partial charge is 0.380 e. The number of sulfone groups is 1. The number of hydrogen-bond donors (Lipinski definition) is 1. The van der Waals surface area contributed by atoms with Crippen LogP contribution in [-0.4, -0.2) is 26.0 Å². The summed E-state index contributed by atoms with van der Waals surface area (Å²) in [4.78, 5) is 0. The fraction of sp³-hybridized carbons (Fsp3) is 0.538. The summed E-state index contributed by atoms with van der Waals surface area (Å²) in [5.74, 6) is 0. The summed E-state index contributed by atoms with van der Waals surface area (Å²) in [7, 11) is -3.01. The van der Waals surface area contributed by atoms with E-state index in [1.54, 1.807) is 12.1 Å². The van der Waals surface area contributed by atoms with Crippen molar-refractivity contribution in [1.29, 1.82) is 0 Å². The molecule has 0 amide bonds. The van der Waals surface area contributed by atoms with Crippen molar-refractivity contribution < 1.29 is 8.42 Å². The molecule has 7 heteroatoms. The van der Waals surface area contributed by atoms with Crippen LogP contribution in [0.25, 0.3) is 0 Å². The standard InChI is InChI=1S/C13H16Cl3NO2S/c1-20(18,19)10-4-2-3-9(7-10)17-13-11(15)5-8(14)6-12(13)16/h5-6,9-10,17H,2-4,7H2,1H3. The van der Waals surface area contributed by atoms with Gasteiger partial charge in [-0.3, -0.25) is 0 Å². The van der Waals surface area contributed by atoms with Crippen molar-refractivity contribution >= 4 is 50.3 Å². The number of rotatable bonds is 3. The van der Waals surface area contributed by atoms with Gasteiger partial charge < -0.3 is 5.32 Å². The van der Waals surface area contributed by atoms with Crippen LogP contribution in [0.5, 0.6) is 0 Å². The molecular formula is C13H16Cl3NO2S. The maximum atomic E-state index is 11.7. The van der Waals surface area contributed by atoms with Gasteiger partial charge in [-0.25, -0.2) is 8.42 Å². The predicted molar refractivity (Wildman–Crippen MR) is 86.0 cm³/mol. The van der Waals surface area contributed by atoms with Gasteiger partial charge in [0.25, 0.3) is 0 Å². The van der Waals surface area contributed by atoms with E-state index in [-0.39, 0.29) is 11.3 Å². The summed E-state index contributed by atoms with van der Waals surface area (Å²) in [5, 5.41) is 4.34. The van der Waals surface area contributed by atoms with Crippen molar-refractivity contribution in [3.8, 4) is 0 Å². The first-order chi connectivity index (χ1) is 9.27. The van der Waals surface area contributed by atoms with Crippen LogP contribution in [-0.2, 0) is 9.84 Å². The monoisotopic (exact) mass is 355 g/mol. The van der Waals surface area contributed by atoms with Crippen LogP contribution in [0.1, 0.15) is 25.7 Å². The molecule has 1 aromatic carbocycles. The third-order valence-corrected chi connectivity index (χ3v) is 6.04. The van der Waals surface area contributed by atoms with Crippen LogP contribution < -0.4 is 5.32 Å². The zero-order valence-electron chi connectivity index (χ0n) is 11.0. The summed E-state index contributed by atoms with van der Waals surface area (Å²) in [6.07, 6.45) is 4.37. The topological polar surface area (TPSA) is 46.2 Å². The second-order valence-corrected chi connectivity index (χ2v) is 8.78. The van der Waals surface area contributed by atoms with Crippen molar-refractivity contribution in [3.05, 3.63) is 27.2 Å². The Balaban J connectivity index is 2.14. The van der Waals surface area contributed by atoms with Crippen LogP contribution in [0.2, 0.25) is 15.1 Å². The Labute approximate surface area is 134 Å². The highest BCUT2D eigenvalue weighted by atomic mass is 35.5.